The van der Waals surface area contributed by atoms with Crippen LogP contribution in [0.5, 0.6) is 0 Å². The first-order valence-electron chi connectivity index (χ1n) is 6.63. The maximum Gasteiger partial charge on any atom is 0.436 e. The van der Waals surface area contributed by atoms with Gasteiger partial charge < -0.3 is 9.84 Å². The van der Waals surface area contributed by atoms with Gasteiger partial charge in [-0.3, -0.25) is 4.79 Å². The normalized spacial score (nSPS) is 11.5. The fourth-order valence-electron chi connectivity index (χ4n) is 1.78. The summed E-state index contributed by atoms with van der Waals surface area (Å²) in [6, 6.07) is 9.88. The Morgan fingerprint density at radius 3 is 2.62 bits per heavy atom. The molecular formula is C14H9F3N4O2S. The van der Waals surface area contributed by atoms with E-state index in [1.807, 2.05) is 30.3 Å². The first-order valence-corrected chi connectivity index (χ1v) is 7.45. The van der Waals surface area contributed by atoms with Crippen LogP contribution in [-0.4, -0.2) is 21.3 Å². The first-order chi connectivity index (χ1) is 11.4. The van der Waals surface area contributed by atoms with Crippen molar-refractivity contribution < 1.29 is 22.5 Å². The lowest BCUT2D eigenvalue weighted by atomic mass is 10.2. The van der Waals surface area contributed by atoms with Gasteiger partial charge in [0.25, 0.3) is 5.91 Å². The predicted octanol–water partition coefficient (Wildman–Crippen LogP) is 3.14. The summed E-state index contributed by atoms with van der Waals surface area (Å²) < 4.78 is 41.6. The molecule has 0 aliphatic rings. The molecule has 10 heteroatoms. The largest absolute Gasteiger partial charge is 0.436 e. The molecule has 0 saturated carbocycles. The molecule has 0 spiro atoms. The zero-order valence-corrected chi connectivity index (χ0v) is 12.7. The molecule has 2 aromatic heterocycles. The molecule has 3 aromatic rings. The van der Waals surface area contributed by atoms with Crippen molar-refractivity contribution in [3.8, 4) is 10.6 Å². The van der Waals surface area contributed by atoms with Crippen LogP contribution in [0, 0.1) is 0 Å². The summed E-state index contributed by atoms with van der Waals surface area (Å²) in [5, 5.41) is 14.4. The Balaban J connectivity index is 1.63. The highest BCUT2D eigenvalue weighted by Crippen LogP contribution is 2.28. The summed E-state index contributed by atoms with van der Waals surface area (Å²) in [5.74, 6) is -1.33. The minimum Gasteiger partial charge on any atom is -0.350 e. The molecule has 0 unspecified atom stereocenters. The lowest BCUT2D eigenvalue weighted by Gasteiger charge is -1.98. The molecule has 0 fully saturated rings. The molecule has 1 amide bonds. The van der Waals surface area contributed by atoms with Crippen molar-refractivity contribution in [3.05, 3.63) is 52.9 Å². The van der Waals surface area contributed by atoms with E-state index >= 15 is 0 Å². The molecule has 6 nitrogen and oxygen atoms in total. The second kappa shape index (κ2) is 6.40. The Morgan fingerprint density at radius 2 is 1.96 bits per heavy atom. The molecule has 0 radical (unpaired) electrons. The van der Waals surface area contributed by atoms with Gasteiger partial charge in [-0.25, -0.2) is 0 Å². The summed E-state index contributed by atoms with van der Waals surface area (Å²) in [6.07, 6.45) is -4.66. The van der Waals surface area contributed by atoms with Crippen molar-refractivity contribution in [1.29, 1.82) is 0 Å². The summed E-state index contributed by atoms with van der Waals surface area (Å²) >= 11 is 1.27. The van der Waals surface area contributed by atoms with E-state index in [0.717, 1.165) is 5.56 Å². The number of aromatic nitrogens is 3. The second-order valence-corrected chi connectivity index (χ2v) is 5.69. The molecule has 2 heterocycles. The second-order valence-electron chi connectivity index (χ2n) is 4.62. The average Bonchev–Trinajstić information content (AvgIpc) is 3.22. The number of rotatable bonds is 4. The molecule has 0 saturated heterocycles. The fraction of sp³-hybridized carbons (Fsp3) is 0.143. The topological polar surface area (TPSA) is 80.9 Å². The highest BCUT2D eigenvalue weighted by atomic mass is 32.1. The van der Waals surface area contributed by atoms with E-state index in [2.05, 4.69) is 25.2 Å². The van der Waals surface area contributed by atoms with Crippen LogP contribution in [0.25, 0.3) is 10.6 Å². The summed E-state index contributed by atoms with van der Waals surface area (Å²) in [7, 11) is 0. The third kappa shape index (κ3) is 3.59. The lowest BCUT2D eigenvalue weighted by molar-refractivity contribution is -0.142. The number of amides is 1. The number of nitrogens with zero attached hydrogens (tertiary/aromatic N) is 3. The van der Waals surface area contributed by atoms with Crippen molar-refractivity contribution >= 4 is 17.2 Å². The smallest absolute Gasteiger partial charge is 0.350 e. The van der Waals surface area contributed by atoms with Crippen LogP contribution in [-0.2, 0) is 12.7 Å². The van der Waals surface area contributed by atoms with Crippen molar-refractivity contribution in [3.63, 3.8) is 0 Å². The van der Waals surface area contributed by atoms with Crippen LogP contribution in [0.2, 0.25) is 0 Å². The summed E-state index contributed by atoms with van der Waals surface area (Å²) in [6.45, 7) is 0.0192. The number of carbonyl (C=O) groups is 1. The van der Waals surface area contributed by atoms with Gasteiger partial charge in [-0.05, 0) is 0 Å². The third-order valence-corrected chi connectivity index (χ3v) is 3.88. The van der Waals surface area contributed by atoms with Gasteiger partial charge in [-0.1, -0.05) is 46.8 Å². The fourth-order valence-corrected chi connectivity index (χ4v) is 2.57. The monoisotopic (exact) mass is 354 g/mol. The quantitative estimate of drug-likeness (QED) is 0.778. The van der Waals surface area contributed by atoms with E-state index in [1.165, 1.54) is 11.3 Å². The first kappa shape index (κ1) is 16.1. The summed E-state index contributed by atoms with van der Waals surface area (Å²) in [5.41, 5.74) is -0.368. The van der Waals surface area contributed by atoms with Crippen LogP contribution in [0.4, 0.5) is 13.2 Å². The highest BCUT2D eigenvalue weighted by Gasteiger charge is 2.35. The molecule has 0 bridgehead atoms. The van der Waals surface area contributed by atoms with Gasteiger partial charge in [0.05, 0.1) is 6.54 Å². The lowest BCUT2D eigenvalue weighted by Crippen LogP contribution is -2.22. The van der Waals surface area contributed by atoms with Gasteiger partial charge in [0, 0.05) is 11.6 Å². The Morgan fingerprint density at radius 1 is 1.21 bits per heavy atom. The molecule has 0 aliphatic carbocycles. The highest BCUT2D eigenvalue weighted by molar-refractivity contribution is 7.14. The predicted molar refractivity (Wildman–Crippen MR) is 78.0 cm³/mol. The number of carbonyl (C=O) groups excluding carboxylic acids is 1. The maximum absolute atomic E-state index is 12.4. The maximum atomic E-state index is 12.4. The Hall–Kier alpha value is -2.75. The SMILES string of the molecule is O=C(NCc1nnc(-c2ccccc2)s1)c1cc(C(F)(F)F)no1. The van der Waals surface area contributed by atoms with Crippen LogP contribution in [0.15, 0.2) is 40.9 Å². The van der Waals surface area contributed by atoms with Gasteiger partial charge in [0.2, 0.25) is 5.76 Å². The zero-order chi connectivity index (χ0) is 17.2. The molecule has 1 aromatic carbocycles. The van der Waals surface area contributed by atoms with Gasteiger partial charge in [0.15, 0.2) is 5.69 Å². The minimum absolute atomic E-state index is 0.0192. The number of alkyl halides is 3. The molecule has 1 N–H and O–H groups in total. The number of nitrogens with one attached hydrogen (secondary N) is 1. The van der Waals surface area contributed by atoms with Crippen molar-refractivity contribution in [2.24, 2.45) is 0 Å². The molecule has 3 rings (SSSR count). The Labute approximate surface area is 137 Å². The Kier molecular flexibility index (Phi) is 4.30. The molecule has 24 heavy (non-hydrogen) atoms. The number of hydrogen-bond donors (Lipinski definition) is 1. The van der Waals surface area contributed by atoms with Crippen LogP contribution in [0.1, 0.15) is 21.3 Å². The van der Waals surface area contributed by atoms with E-state index in [-0.39, 0.29) is 6.54 Å². The van der Waals surface area contributed by atoms with Gasteiger partial charge >= 0.3 is 6.18 Å². The van der Waals surface area contributed by atoms with Crippen molar-refractivity contribution in [1.82, 2.24) is 20.7 Å². The van der Waals surface area contributed by atoms with E-state index < -0.39 is 23.5 Å². The average molecular weight is 354 g/mol. The van der Waals surface area contributed by atoms with Gasteiger partial charge in [-0.2, -0.15) is 13.2 Å². The van der Waals surface area contributed by atoms with E-state index in [9.17, 15) is 18.0 Å². The van der Waals surface area contributed by atoms with Crippen molar-refractivity contribution in [2.75, 3.05) is 0 Å². The molecular weight excluding hydrogens is 345 g/mol. The zero-order valence-electron chi connectivity index (χ0n) is 11.9. The standard InChI is InChI=1S/C14H9F3N4O2S/c15-14(16,17)10-6-9(23-21-10)12(22)18-7-11-19-20-13(24-11)8-4-2-1-3-5-8/h1-6H,7H2,(H,18,22). The molecule has 0 atom stereocenters. The molecule has 0 aliphatic heterocycles. The van der Waals surface area contributed by atoms with E-state index in [4.69, 9.17) is 0 Å². The molecule has 124 valence electrons. The third-order valence-electron chi connectivity index (χ3n) is 2.91. The number of halogens is 3. The van der Waals surface area contributed by atoms with Gasteiger partial charge in [-0.15, -0.1) is 10.2 Å². The number of hydrogen-bond acceptors (Lipinski definition) is 6. The van der Waals surface area contributed by atoms with Crippen molar-refractivity contribution in [2.45, 2.75) is 12.7 Å². The van der Waals surface area contributed by atoms with E-state index in [0.29, 0.717) is 16.1 Å². The van der Waals surface area contributed by atoms with E-state index in [1.54, 1.807) is 0 Å². The Bertz CT molecular complexity index is 845. The minimum atomic E-state index is -4.66. The van der Waals surface area contributed by atoms with Crippen LogP contribution < -0.4 is 5.32 Å². The van der Waals surface area contributed by atoms with Gasteiger partial charge in [0.1, 0.15) is 10.0 Å². The summed E-state index contributed by atoms with van der Waals surface area (Å²) in [4.78, 5) is 11.8. The number of benzene rings is 1. The van der Waals surface area contributed by atoms with Crippen LogP contribution in [0.3, 0.4) is 0 Å². The van der Waals surface area contributed by atoms with Crippen LogP contribution >= 0.6 is 11.3 Å².